The Labute approximate surface area is 116 Å². The van der Waals surface area contributed by atoms with E-state index in [-0.39, 0.29) is 0 Å². The minimum Gasteiger partial charge on any atom is -0.347 e. The summed E-state index contributed by atoms with van der Waals surface area (Å²) in [4.78, 5) is 0. The molecule has 0 saturated heterocycles. The molecule has 19 heavy (non-hydrogen) atoms. The molecule has 0 amide bonds. The molecule has 0 bridgehead atoms. The van der Waals surface area contributed by atoms with E-state index in [4.69, 9.17) is 0 Å². The van der Waals surface area contributed by atoms with Gasteiger partial charge in [-0.25, -0.2) is 0 Å². The average molecular weight is 258 g/mol. The highest BCUT2D eigenvalue weighted by Gasteiger charge is 2.05. The van der Waals surface area contributed by atoms with Gasteiger partial charge in [0.05, 0.1) is 5.52 Å². The maximum atomic E-state index is 3.51. The van der Waals surface area contributed by atoms with Crippen LogP contribution in [-0.2, 0) is 13.1 Å². The van der Waals surface area contributed by atoms with Crippen molar-refractivity contribution in [3.8, 4) is 0 Å². The summed E-state index contributed by atoms with van der Waals surface area (Å²) in [5, 5.41) is 4.88. The van der Waals surface area contributed by atoms with Crippen LogP contribution in [0.4, 0.5) is 0 Å². The molecule has 0 saturated carbocycles. The highest BCUT2D eigenvalue weighted by molar-refractivity contribution is 5.83. The molecule has 1 N–H and O–H groups in total. The van der Waals surface area contributed by atoms with Crippen molar-refractivity contribution in [2.75, 3.05) is 6.54 Å². The van der Waals surface area contributed by atoms with Gasteiger partial charge < -0.3 is 9.88 Å². The molecule has 2 aromatic rings. The van der Waals surface area contributed by atoms with Gasteiger partial charge in [0.1, 0.15) is 0 Å². The molecule has 0 atom stereocenters. The number of nitrogens with one attached hydrogen (secondary N) is 1. The summed E-state index contributed by atoms with van der Waals surface area (Å²) >= 11 is 0. The third-order valence-electron chi connectivity index (χ3n) is 3.62. The van der Waals surface area contributed by atoms with Gasteiger partial charge in [0.25, 0.3) is 0 Å². The molecule has 0 radical (unpaired) electrons. The van der Waals surface area contributed by atoms with Crippen molar-refractivity contribution < 1.29 is 0 Å². The first-order valence-corrected chi connectivity index (χ1v) is 7.64. The quantitative estimate of drug-likeness (QED) is 0.697. The molecule has 0 unspecified atom stereocenters. The predicted octanol–water partition coefficient (Wildman–Crippen LogP) is 4.33. The van der Waals surface area contributed by atoms with Gasteiger partial charge in [-0.2, -0.15) is 0 Å². The molecular formula is C17H26N2. The van der Waals surface area contributed by atoms with Crippen LogP contribution in [0.5, 0.6) is 0 Å². The lowest BCUT2D eigenvalue weighted by Gasteiger charge is -2.10. The molecule has 2 nitrogen and oxygen atoms in total. The Bertz CT molecular complexity index is 499. The zero-order valence-electron chi connectivity index (χ0n) is 12.3. The summed E-state index contributed by atoms with van der Waals surface area (Å²) < 4.78 is 2.42. The van der Waals surface area contributed by atoms with Crippen molar-refractivity contribution in [1.82, 2.24) is 9.88 Å². The number of fused-ring (bicyclic) bond motifs is 1. The molecule has 104 valence electrons. The van der Waals surface area contributed by atoms with Crippen LogP contribution in [0.3, 0.4) is 0 Å². The van der Waals surface area contributed by atoms with Crippen LogP contribution in [0.25, 0.3) is 10.9 Å². The normalized spacial score (nSPS) is 11.3. The molecule has 1 aromatic carbocycles. The second-order valence-electron chi connectivity index (χ2n) is 5.25. The topological polar surface area (TPSA) is 17.0 Å². The number of aromatic nitrogens is 1. The fourth-order valence-electron chi connectivity index (χ4n) is 2.60. The summed E-state index contributed by atoms with van der Waals surface area (Å²) in [6.07, 6.45) is 7.30. The smallest absolute Gasteiger partial charge is 0.0525 e. The van der Waals surface area contributed by atoms with Crippen LogP contribution in [0, 0.1) is 0 Å². The standard InChI is InChI=1S/C17H26N2/c1-3-5-6-12-19-13-10-15-8-7-9-16(17(15)19)14-18-11-4-2/h7-10,13,18H,3-6,11-12,14H2,1-2H3. The first kappa shape index (κ1) is 14.1. The molecule has 0 aliphatic rings. The minimum absolute atomic E-state index is 0.975. The average Bonchev–Trinajstić information content (AvgIpc) is 2.84. The molecular weight excluding hydrogens is 232 g/mol. The van der Waals surface area contributed by atoms with Gasteiger partial charge in [0.2, 0.25) is 0 Å². The first-order valence-electron chi connectivity index (χ1n) is 7.64. The number of para-hydroxylation sites is 1. The van der Waals surface area contributed by atoms with E-state index in [9.17, 15) is 0 Å². The largest absolute Gasteiger partial charge is 0.347 e. The molecule has 0 aliphatic heterocycles. The third-order valence-corrected chi connectivity index (χ3v) is 3.62. The van der Waals surface area contributed by atoms with Gasteiger partial charge in [-0.3, -0.25) is 0 Å². The van der Waals surface area contributed by atoms with Crippen molar-refractivity contribution >= 4 is 10.9 Å². The Morgan fingerprint density at radius 2 is 1.95 bits per heavy atom. The van der Waals surface area contributed by atoms with E-state index in [1.807, 2.05) is 0 Å². The van der Waals surface area contributed by atoms with E-state index < -0.39 is 0 Å². The molecule has 0 aliphatic carbocycles. The zero-order valence-corrected chi connectivity index (χ0v) is 12.3. The number of aryl methyl sites for hydroxylation is 1. The van der Waals surface area contributed by atoms with Crippen molar-refractivity contribution in [2.24, 2.45) is 0 Å². The Kier molecular flexibility index (Phi) is 5.46. The fraction of sp³-hybridized carbons (Fsp3) is 0.529. The van der Waals surface area contributed by atoms with Gasteiger partial charge in [-0.05, 0) is 36.4 Å². The Morgan fingerprint density at radius 3 is 2.74 bits per heavy atom. The lowest BCUT2D eigenvalue weighted by atomic mass is 10.1. The van der Waals surface area contributed by atoms with Crippen molar-refractivity contribution in [1.29, 1.82) is 0 Å². The fourth-order valence-corrected chi connectivity index (χ4v) is 2.60. The number of nitrogens with zero attached hydrogens (tertiary/aromatic N) is 1. The Balaban J connectivity index is 2.17. The minimum atomic E-state index is 0.975. The van der Waals surface area contributed by atoms with Crippen molar-refractivity contribution in [3.05, 3.63) is 36.0 Å². The predicted molar refractivity (Wildman–Crippen MR) is 83.5 cm³/mol. The van der Waals surface area contributed by atoms with Crippen LogP contribution < -0.4 is 5.32 Å². The Morgan fingerprint density at radius 1 is 1.05 bits per heavy atom. The lowest BCUT2D eigenvalue weighted by molar-refractivity contribution is 0.613. The summed E-state index contributed by atoms with van der Waals surface area (Å²) in [5.41, 5.74) is 2.84. The highest BCUT2D eigenvalue weighted by Crippen LogP contribution is 2.21. The molecule has 2 heteroatoms. The number of rotatable bonds is 8. The van der Waals surface area contributed by atoms with E-state index in [2.05, 4.69) is 54.2 Å². The van der Waals surface area contributed by atoms with Crippen LogP contribution in [-0.4, -0.2) is 11.1 Å². The number of unbranched alkanes of at least 4 members (excludes halogenated alkanes) is 2. The number of benzene rings is 1. The second-order valence-corrected chi connectivity index (χ2v) is 5.25. The number of hydrogen-bond acceptors (Lipinski definition) is 1. The van der Waals surface area contributed by atoms with Gasteiger partial charge in [-0.1, -0.05) is 44.9 Å². The van der Waals surface area contributed by atoms with Gasteiger partial charge in [0.15, 0.2) is 0 Å². The number of hydrogen-bond donors (Lipinski definition) is 1. The van der Waals surface area contributed by atoms with E-state index in [0.29, 0.717) is 0 Å². The zero-order chi connectivity index (χ0) is 13.5. The van der Waals surface area contributed by atoms with Gasteiger partial charge >= 0.3 is 0 Å². The van der Waals surface area contributed by atoms with Crippen LogP contribution >= 0.6 is 0 Å². The van der Waals surface area contributed by atoms with Crippen LogP contribution in [0.2, 0.25) is 0 Å². The van der Waals surface area contributed by atoms with Gasteiger partial charge in [0, 0.05) is 19.3 Å². The third kappa shape index (κ3) is 3.60. The second kappa shape index (κ2) is 7.34. The summed E-state index contributed by atoms with van der Waals surface area (Å²) in [7, 11) is 0. The maximum Gasteiger partial charge on any atom is 0.0525 e. The lowest BCUT2D eigenvalue weighted by Crippen LogP contribution is -2.14. The SMILES string of the molecule is CCCCCn1ccc2cccc(CNCCC)c21. The Hall–Kier alpha value is -1.28. The van der Waals surface area contributed by atoms with Crippen LogP contribution in [0.15, 0.2) is 30.5 Å². The maximum absolute atomic E-state index is 3.51. The van der Waals surface area contributed by atoms with Crippen LogP contribution in [0.1, 0.15) is 45.1 Å². The molecule has 1 aromatic heterocycles. The summed E-state index contributed by atoms with van der Waals surface area (Å²) in [6, 6.07) is 8.88. The van der Waals surface area contributed by atoms with E-state index in [0.717, 1.165) is 19.6 Å². The first-order chi connectivity index (χ1) is 9.36. The summed E-state index contributed by atoms with van der Waals surface area (Å²) in [6.45, 7) is 7.67. The molecule has 2 rings (SSSR count). The van der Waals surface area contributed by atoms with Gasteiger partial charge in [-0.15, -0.1) is 0 Å². The van der Waals surface area contributed by atoms with Crippen molar-refractivity contribution in [3.63, 3.8) is 0 Å². The van der Waals surface area contributed by atoms with Crippen molar-refractivity contribution in [2.45, 2.75) is 52.6 Å². The highest BCUT2D eigenvalue weighted by atomic mass is 15.0. The molecule has 0 spiro atoms. The summed E-state index contributed by atoms with van der Waals surface area (Å²) in [5.74, 6) is 0. The molecule has 0 fully saturated rings. The molecule has 1 heterocycles. The monoisotopic (exact) mass is 258 g/mol. The van der Waals surface area contributed by atoms with E-state index in [1.165, 1.54) is 42.1 Å². The van der Waals surface area contributed by atoms with E-state index >= 15 is 0 Å². The van der Waals surface area contributed by atoms with E-state index in [1.54, 1.807) is 0 Å².